The molecule has 0 bridgehead atoms. The van der Waals surface area contributed by atoms with Gasteiger partial charge in [-0.15, -0.1) is 11.8 Å². The monoisotopic (exact) mass is 245 g/mol. The molecular formula is C11H11N5S. The molecule has 6 heteroatoms. The van der Waals surface area contributed by atoms with Crippen LogP contribution < -0.4 is 11.5 Å². The lowest BCUT2D eigenvalue weighted by molar-refractivity contribution is 0.818. The van der Waals surface area contributed by atoms with Gasteiger partial charge in [0.25, 0.3) is 0 Å². The maximum absolute atomic E-state index is 5.60. The van der Waals surface area contributed by atoms with E-state index in [0.717, 1.165) is 5.75 Å². The molecule has 5 nitrogen and oxygen atoms in total. The SMILES string of the molecule is Nc1nc(N)nc(C2CSc3ccccc32)n1. The first-order chi connectivity index (χ1) is 8.24. The van der Waals surface area contributed by atoms with E-state index < -0.39 is 0 Å². The van der Waals surface area contributed by atoms with Crippen molar-refractivity contribution >= 4 is 23.7 Å². The van der Waals surface area contributed by atoms with Crippen LogP contribution in [0.15, 0.2) is 29.2 Å². The van der Waals surface area contributed by atoms with Gasteiger partial charge in [0.15, 0.2) is 0 Å². The van der Waals surface area contributed by atoms with Crippen molar-refractivity contribution in [1.29, 1.82) is 0 Å². The molecule has 0 fully saturated rings. The fourth-order valence-corrected chi connectivity index (χ4v) is 3.19. The quantitative estimate of drug-likeness (QED) is 0.786. The molecule has 0 saturated carbocycles. The van der Waals surface area contributed by atoms with Gasteiger partial charge in [0.1, 0.15) is 5.82 Å². The van der Waals surface area contributed by atoms with Gasteiger partial charge in [-0.1, -0.05) is 18.2 Å². The Morgan fingerprint density at radius 2 is 1.76 bits per heavy atom. The van der Waals surface area contributed by atoms with E-state index in [1.807, 2.05) is 12.1 Å². The lowest BCUT2D eigenvalue weighted by Gasteiger charge is -2.09. The average Bonchev–Trinajstić information content (AvgIpc) is 2.71. The van der Waals surface area contributed by atoms with E-state index in [0.29, 0.717) is 5.82 Å². The molecule has 1 unspecified atom stereocenters. The summed E-state index contributed by atoms with van der Waals surface area (Å²) in [7, 11) is 0. The van der Waals surface area contributed by atoms with Gasteiger partial charge in [0.2, 0.25) is 11.9 Å². The standard InChI is InChI=1S/C11H11N5S/c12-10-14-9(15-11(13)16-10)7-5-17-8-4-2-1-3-6(7)8/h1-4,7H,5H2,(H4,12,13,14,15,16). The zero-order chi connectivity index (χ0) is 11.8. The molecule has 3 rings (SSSR count). The second kappa shape index (κ2) is 3.89. The van der Waals surface area contributed by atoms with Crippen LogP contribution in [-0.4, -0.2) is 20.7 Å². The third kappa shape index (κ3) is 1.80. The molecule has 1 atom stereocenters. The van der Waals surface area contributed by atoms with Gasteiger partial charge in [-0.3, -0.25) is 0 Å². The Kier molecular flexibility index (Phi) is 2.36. The highest BCUT2D eigenvalue weighted by Gasteiger charge is 2.27. The highest BCUT2D eigenvalue weighted by molar-refractivity contribution is 7.99. The number of rotatable bonds is 1. The van der Waals surface area contributed by atoms with Crippen molar-refractivity contribution in [2.75, 3.05) is 17.2 Å². The molecule has 2 heterocycles. The molecular weight excluding hydrogens is 234 g/mol. The van der Waals surface area contributed by atoms with Gasteiger partial charge in [0.05, 0.1) is 5.92 Å². The topological polar surface area (TPSA) is 90.7 Å². The van der Waals surface area contributed by atoms with Crippen molar-refractivity contribution in [3.05, 3.63) is 35.7 Å². The number of hydrogen-bond donors (Lipinski definition) is 2. The van der Waals surface area contributed by atoms with Crippen LogP contribution in [0.5, 0.6) is 0 Å². The Balaban J connectivity index is 2.06. The van der Waals surface area contributed by atoms with Crippen LogP contribution in [0.2, 0.25) is 0 Å². The lowest BCUT2D eigenvalue weighted by Crippen LogP contribution is -2.11. The van der Waals surface area contributed by atoms with E-state index in [-0.39, 0.29) is 17.8 Å². The number of nitrogen functional groups attached to an aromatic ring is 2. The summed E-state index contributed by atoms with van der Waals surface area (Å²) in [6.45, 7) is 0. The molecule has 1 aromatic carbocycles. The maximum Gasteiger partial charge on any atom is 0.225 e. The molecule has 4 N–H and O–H groups in total. The predicted molar refractivity (Wildman–Crippen MR) is 67.7 cm³/mol. The zero-order valence-corrected chi connectivity index (χ0v) is 9.81. The molecule has 86 valence electrons. The summed E-state index contributed by atoms with van der Waals surface area (Å²) in [6.07, 6.45) is 0. The number of hydrogen-bond acceptors (Lipinski definition) is 6. The summed E-state index contributed by atoms with van der Waals surface area (Å²) < 4.78 is 0. The third-order valence-corrected chi connectivity index (χ3v) is 3.88. The average molecular weight is 245 g/mol. The van der Waals surface area contributed by atoms with Crippen LogP contribution >= 0.6 is 11.8 Å². The van der Waals surface area contributed by atoms with E-state index in [9.17, 15) is 0 Å². The second-order valence-electron chi connectivity index (χ2n) is 3.81. The van der Waals surface area contributed by atoms with Crippen molar-refractivity contribution in [3.63, 3.8) is 0 Å². The molecule has 0 spiro atoms. The molecule has 0 aliphatic carbocycles. The number of anilines is 2. The number of thioether (sulfide) groups is 1. The minimum Gasteiger partial charge on any atom is -0.368 e. The van der Waals surface area contributed by atoms with Crippen LogP contribution in [0.25, 0.3) is 0 Å². The van der Waals surface area contributed by atoms with Gasteiger partial charge >= 0.3 is 0 Å². The molecule has 1 aliphatic rings. The first kappa shape index (κ1) is 10.3. The minimum atomic E-state index is 0.156. The zero-order valence-electron chi connectivity index (χ0n) is 9.00. The van der Waals surface area contributed by atoms with E-state index in [2.05, 4.69) is 27.1 Å². The van der Waals surface area contributed by atoms with Crippen molar-refractivity contribution in [2.24, 2.45) is 0 Å². The molecule has 0 saturated heterocycles. The summed E-state index contributed by atoms with van der Waals surface area (Å²) in [6, 6.07) is 8.25. The van der Waals surface area contributed by atoms with E-state index >= 15 is 0 Å². The molecule has 0 amide bonds. The lowest BCUT2D eigenvalue weighted by atomic mass is 10.0. The van der Waals surface area contributed by atoms with Crippen LogP contribution in [0, 0.1) is 0 Å². The fourth-order valence-electron chi connectivity index (χ4n) is 1.96. The Bertz CT molecular complexity index is 551. The summed E-state index contributed by atoms with van der Waals surface area (Å²) >= 11 is 1.80. The highest BCUT2D eigenvalue weighted by atomic mass is 32.2. The smallest absolute Gasteiger partial charge is 0.225 e. The first-order valence-electron chi connectivity index (χ1n) is 5.22. The normalized spacial score (nSPS) is 18.0. The van der Waals surface area contributed by atoms with Crippen molar-refractivity contribution in [3.8, 4) is 0 Å². The van der Waals surface area contributed by atoms with Gasteiger partial charge in [-0.05, 0) is 11.6 Å². The second-order valence-corrected chi connectivity index (χ2v) is 4.87. The summed E-state index contributed by atoms with van der Waals surface area (Å²) in [5, 5.41) is 0. The molecule has 1 aromatic heterocycles. The Morgan fingerprint density at radius 1 is 1.06 bits per heavy atom. The largest absolute Gasteiger partial charge is 0.368 e. The summed E-state index contributed by atoms with van der Waals surface area (Å²) in [5.41, 5.74) is 12.4. The minimum absolute atomic E-state index is 0.156. The number of nitrogens with zero attached hydrogens (tertiary/aromatic N) is 3. The maximum atomic E-state index is 5.60. The third-order valence-electron chi connectivity index (χ3n) is 2.70. The van der Waals surface area contributed by atoms with Crippen molar-refractivity contribution in [1.82, 2.24) is 15.0 Å². The van der Waals surface area contributed by atoms with E-state index in [1.165, 1.54) is 10.5 Å². The van der Waals surface area contributed by atoms with Crippen LogP contribution in [-0.2, 0) is 0 Å². The molecule has 17 heavy (non-hydrogen) atoms. The van der Waals surface area contributed by atoms with Gasteiger partial charge < -0.3 is 11.5 Å². The Morgan fingerprint density at radius 3 is 2.53 bits per heavy atom. The summed E-state index contributed by atoms with van der Waals surface area (Å²) in [5.74, 6) is 2.10. The van der Waals surface area contributed by atoms with Crippen molar-refractivity contribution in [2.45, 2.75) is 10.8 Å². The van der Waals surface area contributed by atoms with Crippen LogP contribution in [0.4, 0.5) is 11.9 Å². The van der Waals surface area contributed by atoms with Gasteiger partial charge in [-0.25, -0.2) is 0 Å². The predicted octanol–water partition coefficient (Wildman–Crippen LogP) is 1.27. The number of fused-ring (bicyclic) bond motifs is 1. The highest BCUT2D eigenvalue weighted by Crippen LogP contribution is 2.41. The van der Waals surface area contributed by atoms with Gasteiger partial charge in [0, 0.05) is 10.6 Å². The van der Waals surface area contributed by atoms with Crippen LogP contribution in [0.1, 0.15) is 17.3 Å². The Hall–Kier alpha value is -1.82. The summed E-state index contributed by atoms with van der Waals surface area (Å²) in [4.78, 5) is 13.4. The molecule has 1 aliphatic heterocycles. The number of aromatic nitrogens is 3. The first-order valence-corrected chi connectivity index (χ1v) is 6.21. The van der Waals surface area contributed by atoms with Crippen molar-refractivity contribution < 1.29 is 0 Å². The van der Waals surface area contributed by atoms with E-state index in [4.69, 9.17) is 11.5 Å². The number of nitrogens with two attached hydrogens (primary N) is 2. The Labute approximate surface area is 103 Å². The van der Waals surface area contributed by atoms with Gasteiger partial charge in [-0.2, -0.15) is 15.0 Å². The van der Waals surface area contributed by atoms with Crippen LogP contribution in [0.3, 0.4) is 0 Å². The van der Waals surface area contributed by atoms with E-state index in [1.54, 1.807) is 11.8 Å². The molecule has 2 aromatic rings. The molecule has 0 radical (unpaired) electrons. The number of benzene rings is 1. The fraction of sp³-hybridized carbons (Fsp3) is 0.182.